The van der Waals surface area contributed by atoms with Gasteiger partial charge in [0, 0.05) is 31.5 Å². The summed E-state index contributed by atoms with van der Waals surface area (Å²) in [6, 6.07) is 3.68. The summed E-state index contributed by atoms with van der Waals surface area (Å²) in [6.45, 7) is 4.67. The number of likely N-dealkylation sites (N-methyl/N-ethyl adjacent to an activating group) is 1. The SMILES string of the molecule is CCN(CC1CCCO1)c1ccc(/C(N)=N/O)cn1. The van der Waals surface area contributed by atoms with Gasteiger partial charge in [0.1, 0.15) is 5.82 Å². The van der Waals surface area contributed by atoms with Crippen LogP contribution in [0.25, 0.3) is 0 Å². The van der Waals surface area contributed by atoms with E-state index in [-0.39, 0.29) is 5.84 Å². The second-order valence-corrected chi connectivity index (χ2v) is 4.56. The summed E-state index contributed by atoms with van der Waals surface area (Å²) in [5.74, 6) is 0.953. The zero-order valence-electron chi connectivity index (χ0n) is 11.1. The lowest BCUT2D eigenvalue weighted by atomic mass is 10.2. The van der Waals surface area contributed by atoms with E-state index < -0.39 is 0 Å². The zero-order valence-corrected chi connectivity index (χ0v) is 11.1. The van der Waals surface area contributed by atoms with E-state index in [1.165, 1.54) is 0 Å². The predicted molar refractivity (Wildman–Crippen MR) is 73.6 cm³/mol. The molecule has 6 heteroatoms. The number of pyridine rings is 1. The number of nitrogens with zero attached hydrogens (tertiary/aromatic N) is 3. The first kappa shape index (κ1) is 13.6. The smallest absolute Gasteiger partial charge is 0.171 e. The van der Waals surface area contributed by atoms with E-state index in [9.17, 15) is 0 Å². The average Bonchev–Trinajstić information content (AvgIpc) is 2.97. The molecule has 0 aromatic carbocycles. The molecule has 19 heavy (non-hydrogen) atoms. The minimum absolute atomic E-state index is 0.0706. The lowest BCUT2D eigenvalue weighted by Gasteiger charge is -2.25. The van der Waals surface area contributed by atoms with E-state index in [1.54, 1.807) is 12.3 Å². The molecular formula is C13H20N4O2. The number of hydrogen-bond donors (Lipinski definition) is 2. The van der Waals surface area contributed by atoms with Crippen molar-refractivity contribution in [3.05, 3.63) is 23.9 Å². The molecule has 1 aromatic rings. The Morgan fingerprint density at radius 1 is 1.63 bits per heavy atom. The largest absolute Gasteiger partial charge is 0.409 e. The van der Waals surface area contributed by atoms with Gasteiger partial charge in [-0.2, -0.15) is 0 Å². The highest BCUT2D eigenvalue weighted by molar-refractivity contribution is 5.96. The predicted octanol–water partition coefficient (Wildman–Crippen LogP) is 1.18. The fourth-order valence-electron chi connectivity index (χ4n) is 2.20. The van der Waals surface area contributed by atoms with Crippen molar-refractivity contribution in [2.24, 2.45) is 10.9 Å². The first-order chi connectivity index (χ1) is 9.24. The Balaban J connectivity index is 2.05. The molecule has 0 aliphatic carbocycles. The third kappa shape index (κ3) is 3.35. The molecule has 6 nitrogen and oxygen atoms in total. The highest BCUT2D eigenvalue weighted by Gasteiger charge is 2.19. The normalized spacial score (nSPS) is 19.6. The summed E-state index contributed by atoms with van der Waals surface area (Å²) in [7, 11) is 0. The van der Waals surface area contributed by atoms with Crippen molar-refractivity contribution >= 4 is 11.7 Å². The molecule has 104 valence electrons. The zero-order chi connectivity index (χ0) is 13.7. The molecule has 1 aliphatic heterocycles. The molecule has 0 amide bonds. The third-order valence-electron chi connectivity index (χ3n) is 3.31. The molecular weight excluding hydrogens is 244 g/mol. The van der Waals surface area contributed by atoms with Crippen LogP contribution in [-0.4, -0.2) is 41.8 Å². The molecule has 1 saturated heterocycles. The Hall–Kier alpha value is -1.82. The van der Waals surface area contributed by atoms with Gasteiger partial charge < -0.3 is 20.6 Å². The second kappa shape index (κ2) is 6.38. The van der Waals surface area contributed by atoms with Crippen molar-refractivity contribution in [2.45, 2.75) is 25.9 Å². The van der Waals surface area contributed by atoms with Gasteiger partial charge in [-0.25, -0.2) is 4.98 Å². The van der Waals surface area contributed by atoms with Crippen LogP contribution in [0.1, 0.15) is 25.3 Å². The first-order valence-corrected chi connectivity index (χ1v) is 6.55. The molecule has 1 aromatic heterocycles. The maximum atomic E-state index is 8.61. The van der Waals surface area contributed by atoms with E-state index in [0.29, 0.717) is 11.7 Å². The topological polar surface area (TPSA) is 84.0 Å². The van der Waals surface area contributed by atoms with Crippen molar-refractivity contribution in [1.82, 2.24) is 4.98 Å². The molecule has 0 spiro atoms. The standard InChI is InChI=1S/C13H20N4O2/c1-2-17(9-11-4-3-7-19-11)12-6-5-10(8-15-12)13(14)16-18/h5-6,8,11,18H,2-4,7,9H2,1H3,(H2,14,16). The van der Waals surface area contributed by atoms with Crippen LogP contribution in [0.3, 0.4) is 0 Å². The first-order valence-electron chi connectivity index (χ1n) is 6.55. The number of ether oxygens (including phenoxy) is 1. The van der Waals surface area contributed by atoms with Crippen molar-refractivity contribution in [3.8, 4) is 0 Å². The summed E-state index contributed by atoms with van der Waals surface area (Å²) in [5.41, 5.74) is 6.12. The molecule has 1 aliphatic rings. The highest BCUT2D eigenvalue weighted by Crippen LogP contribution is 2.17. The molecule has 0 bridgehead atoms. The molecule has 3 N–H and O–H groups in total. The van der Waals surface area contributed by atoms with Crippen molar-refractivity contribution in [1.29, 1.82) is 0 Å². The van der Waals surface area contributed by atoms with Crippen LogP contribution in [-0.2, 0) is 4.74 Å². The fraction of sp³-hybridized carbons (Fsp3) is 0.538. The quantitative estimate of drug-likeness (QED) is 0.361. The fourth-order valence-corrected chi connectivity index (χ4v) is 2.20. The van der Waals surface area contributed by atoms with Crippen molar-refractivity contribution in [2.75, 3.05) is 24.6 Å². The van der Waals surface area contributed by atoms with Crippen LogP contribution in [0.4, 0.5) is 5.82 Å². The Kier molecular flexibility index (Phi) is 4.57. The number of anilines is 1. The van der Waals surface area contributed by atoms with Gasteiger partial charge in [-0.3, -0.25) is 0 Å². The number of aromatic nitrogens is 1. The van der Waals surface area contributed by atoms with Crippen LogP contribution >= 0.6 is 0 Å². The van der Waals surface area contributed by atoms with Gasteiger partial charge in [0.05, 0.1) is 6.10 Å². The summed E-state index contributed by atoms with van der Waals surface area (Å²) in [6.07, 6.45) is 4.16. The molecule has 2 heterocycles. The number of nitrogens with two attached hydrogens (primary N) is 1. The summed E-state index contributed by atoms with van der Waals surface area (Å²) < 4.78 is 5.64. The second-order valence-electron chi connectivity index (χ2n) is 4.56. The Labute approximate surface area is 112 Å². The van der Waals surface area contributed by atoms with Crippen LogP contribution < -0.4 is 10.6 Å². The highest BCUT2D eigenvalue weighted by atomic mass is 16.5. The van der Waals surface area contributed by atoms with Crippen molar-refractivity contribution < 1.29 is 9.94 Å². The molecule has 1 atom stereocenters. The van der Waals surface area contributed by atoms with Crippen LogP contribution in [0.2, 0.25) is 0 Å². The monoisotopic (exact) mass is 264 g/mol. The maximum absolute atomic E-state index is 8.61. The maximum Gasteiger partial charge on any atom is 0.171 e. The minimum Gasteiger partial charge on any atom is -0.409 e. The Morgan fingerprint density at radius 2 is 2.47 bits per heavy atom. The van der Waals surface area contributed by atoms with E-state index in [2.05, 4.69) is 22.0 Å². The lowest BCUT2D eigenvalue weighted by Crippen LogP contribution is -2.32. The Bertz CT molecular complexity index is 427. The number of hydrogen-bond acceptors (Lipinski definition) is 5. The third-order valence-corrected chi connectivity index (χ3v) is 3.31. The van der Waals surface area contributed by atoms with Gasteiger partial charge in [0.25, 0.3) is 0 Å². The molecule has 2 rings (SSSR count). The summed E-state index contributed by atoms with van der Waals surface area (Å²) in [5, 5.41) is 11.6. The number of rotatable bonds is 5. The average molecular weight is 264 g/mol. The molecule has 0 saturated carbocycles. The molecule has 1 unspecified atom stereocenters. The molecule has 1 fully saturated rings. The molecule has 0 radical (unpaired) electrons. The van der Waals surface area contributed by atoms with Gasteiger partial charge in [0.2, 0.25) is 0 Å². The van der Waals surface area contributed by atoms with E-state index in [4.69, 9.17) is 15.7 Å². The van der Waals surface area contributed by atoms with Gasteiger partial charge in [-0.15, -0.1) is 0 Å². The number of amidine groups is 1. The Morgan fingerprint density at radius 3 is 3.00 bits per heavy atom. The van der Waals surface area contributed by atoms with Crippen LogP contribution in [0, 0.1) is 0 Å². The van der Waals surface area contributed by atoms with E-state index in [1.807, 2.05) is 6.07 Å². The van der Waals surface area contributed by atoms with Crippen LogP contribution in [0.5, 0.6) is 0 Å². The van der Waals surface area contributed by atoms with Gasteiger partial charge >= 0.3 is 0 Å². The van der Waals surface area contributed by atoms with Gasteiger partial charge in [0.15, 0.2) is 5.84 Å². The van der Waals surface area contributed by atoms with Gasteiger partial charge in [-0.1, -0.05) is 5.16 Å². The van der Waals surface area contributed by atoms with E-state index in [0.717, 1.165) is 38.4 Å². The van der Waals surface area contributed by atoms with Gasteiger partial charge in [-0.05, 0) is 31.9 Å². The minimum atomic E-state index is 0.0706. The van der Waals surface area contributed by atoms with Crippen LogP contribution in [0.15, 0.2) is 23.5 Å². The lowest BCUT2D eigenvalue weighted by molar-refractivity contribution is 0.115. The van der Waals surface area contributed by atoms with E-state index >= 15 is 0 Å². The number of oxime groups is 1. The van der Waals surface area contributed by atoms with Crippen molar-refractivity contribution in [3.63, 3.8) is 0 Å². The summed E-state index contributed by atoms with van der Waals surface area (Å²) >= 11 is 0. The summed E-state index contributed by atoms with van der Waals surface area (Å²) in [4.78, 5) is 6.53.